The monoisotopic (exact) mass is 295 g/mol. The normalized spacial score (nSPS) is 20.4. The minimum atomic E-state index is 0.571. The first-order valence-corrected chi connectivity index (χ1v) is 6.49. The molecule has 0 aromatic carbocycles. The summed E-state index contributed by atoms with van der Waals surface area (Å²) in [5, 5.41) is 7.50. The number of hydrogen-bond donors (Lipinski definition) is 1. The van der Waals surface area contributed by atoms with E-state index in [1.807, 2.05) is 19.3 Å². The van der Waals surface area contributed by atoms with Crippen LogP contribution in [0.2, 0.25) is 0 Å². The lowest BCUT2D eigenvalue weighted by Gasteiger charge is -2.17. The maximum absolute atomic E-state index is 4.64. The van der Waals surface area contributed by atoms with E-state index >= 15 is 0 Å². The number of hydrogen-bond acceptors (Lipinski definition) is 4. The molecule has 3 rings (SSSR count). The van der Waals surface area contributed by atoms with Crippen LogP contribution in [0.25, 0.3) is 5.65 Å². The zero-order valence-corrected chi connectivity index (χ0v) is 11.2. The topological polar surface area (TPSA) is 45.5 Å². The van der Waals surface area contributed by atoms with Crippen molar-refractivity contribution in [1.82, 2.24) is 19.9 Å². The fourth-order valence-corrected chi connectivity index (χ4v) is 2.57. The molecule has 1 fully saturated rings. The van der Waals surface area contributed by atoms with E-state index in [4.69, 9.17) is 0 Å². The van der Waals surface area contributed by atoms with E-state index in [2.05, 4.69) is 36.2 Å². The van der Waals surface area contributed by atoms with E-state index in [-0.39, 0.29) is 0 Å². The SMILES string of the molecule is CN[C@H]1CCN(c2ccn3ncc(Br)c3n2)C1. The molecule has 0 aliphatic carbocycles. The Morgan fingerprint density at radius 2 is 2.41 bits per heavy atom. The van der Waals surface area contributed by atoms with Crippen LogP contribution in [-0.2, 0) is 0 Å². The lowest BCUT2D eigenvalue weighted by molar-refractivity contribution is 0.616. The van der Waals surface area contributed by atoms with Gasteiger partial charge in [0.25, 0.3) is 0 Å². The van der Waals surface area contributed by atoms with Gasteiger partial charge in [-0.05, 0) is 35.5 Å². The zero-order chi connectivity index (χ0) is 11.8. The van der Waals surface area contributed by atoms with Gasteiger partial charge < -0.3 is 10.2 Å². The minimum Gasteiger partial charge on any atom is -0.355 e. The second-order valence-corrected chi connectivity index (χ2v) is 5.12. The molecule has 1 aliphatic heterocycles. The van der Waals surface area contributed by atoms with Gasteiger partial charge in [-0.15, -0.1) is 0 Å². The predicted molar refractivity (Wildman–Crippen MR) is 70.4 cm³/mol. The number of fused-ring (bicyclic) bond motifs is 1. The number of rotatable bonds is 2. The molecule has 1 aliphatic rings. The summed E-state index contributed by atoms with van der Waals surface area (Å²) in [6.45, 7) is 2.08. The molecule has 1 saturated heterocycles. The third-order valence-electron chi connectivity index (χ3n) is 3.23. The van der Waals surface area contributed by atoms with Gasteiger partial charge in [0.1, 0.15) is 5.82 Å². The number of anilines is 1. The second kappa shape index (κ2) is 4.27. The highest BCUT2D eigenvalue weighted by atomic mass is 79.9. The third kappa shape index (κ3) is 1.91. The molecule has 1 atom stereocenters. The quantitative estimate of drug-likeness (QED) is 0.907. The highest BCUT2D eigenvalue weighted by Gasteiger charge is 2.22. The Bertz CT molecular complexity index is 538. The fourth-order valence-electron chi connectivity index (χ4n) is 2.21. The molecule has 2 aromatic heterocycles. The van der Waals surface area contributed by atoms with E-state index in [9.17, 15) is 0 Å². The lowest BCUT2D eigenvalue weighted by Crippen LogP contribution is -2.29. The highest BCUT2D eigenvalue weighted by Crippen LogP contribution is 2.21. The fraction of sp³-hybridized carbons (Fsp3) is 0.455. The summed E-state index contributed by atoms with van der Waals surface area (Å²) in [6.07, 6.45) is 4.89. The van der Waals surface area contributed by atoms with Crippen molar-refractivity contribution in [1.29, 1.82) is 0 Å². The van der Waals surface area contributed by atoms with Gasteiger partial charge in [-0.3, -0.25) is 0 Å². The second-order valence-electron chi connectivity index (χ2n) is 4.27. The maximum atomic E-state index is 4.64. The molecule has 0 bridgehead atoms. The Morgan fingerprint density at radius 1 is 1.53 bits per heavy atom. The molecule has 0 radical (unpaired) electrons. The van der Waals surface area contributed by atoms with E-state index in [0.717, 1.165) is 29.0 Å². The van der Waals surface area contributed by atoms with Gasteiger partial charge in [-0.2, -0.15) is 5.10 Å². The Labute approximate surface area is 108 Å². The largest absolute Gasteiger partial charge is 0.355 e. The summed E-state index contributed by atoms with van der Waals surface area (Å²) in [4.78, 5) is 6.94. The number of likely N-dealkylation sites (N-methyl/N-ethyl adjacent to an activating group) is 1. The summed E-state index contributed by atoms with van der Waals surface area (Å²) in [7, 11) is 2.01. The van der Waals surface area contributed by atoms with Crippen molar-refractivity contribution < 1.29 is 0 Å². The van der Waals surface area contributed by atoms with Gasteiger partial charge in [-0.1, -0.05) is 0 Å². The molecular weight excluding hydrogens is 282 g/mol. The van der Waals surface area contributed by atoms with Crippen LogP contribution in [-0.4, -0.2) is 40.8 Å². The summed E-state index contributed by atoms with van der Waals surface area (Å²) in [5.41, 5.74) is 0.871. The van der Waals surface area contributed by atoms with Crippen LogP contribution in [0.1, 0.15) is 6.42 Å². The van der Waals surface area contributed by atoms with Crippen LogP contribution in [0.4, 0.5) is 5.82 Å². The van der Waals surface area contributed by atoms with Crippen molar-refractivity contribution in [3.63, 3.8) is 0 Å². The van der Waals surface area contributed by atoms with Gasteiger partial charge in [0, 0.05) is 25.3 Å². The Kier molecular flexibility index (Phi) is 2.76. The first-order valence-electron chi connectivity index (χ1n) is 5.70. The van der Waals surface area contributed by atoms with Crippen molar-refractivity contribution in [2.75, 3.05) is 25.0 Å². The summed E-state index contributed by atoms with van der Waals surface area (Å²) in [6, 6.07) is 2.59. The molecule has 5 nitrogen and oxygen atoms in total. The molecule has 17 heavy (non-hydrogen) atoms. The Hall–Kier alpha value is -1.14. The summed E-state index contributed by atoms with van der Waals surface area (Å²) < 4.78 is 2.71. The first kappa shape index (κ1) is 11.0. The number of aromatic nitrogens is 3. The zero-order valence-electron chi connectivity index (χ0n) is 9.60. The molecule has 0 amide bonds. The minimum absolute atomic E-state index is 0.571. The lowest BCUT2D eigenvalue weighted by atomic mass is 10.3. The first-order chi connectivity index (χ1) is 8.28. The maximum Gasteiger partial charge on any atom is 0.171 e. The molecular formula is C11H14BrN5. The van der Waals surface area contributed by atoms with Crippen molar-refractivity contribution in [3.8, 4) is 0 Å². The smallest absolute Gasteiger partial charge is 0.171 e. The number of nitrogens with zero attached hydrogens (tertiary/aromatic N) is 4. The standard InChI is InChI=1S/C11H14BrN5/c1-13-8-2-4-16(7-8)10-3-5-17-11(15-10)9(12)6-14-17/h3,5-6,8,13H,2,4,7H2,1H3/t8-/m0/s1. The van der Waals surface area contributed by atoms with Crippen molar-refractivity contribution in [2.45, 2.75) is 12.5 Å². The van der Waals surface area contributed by atoms with Gasteiger partial charge in [0.15, 0.2) is 5.65 Å². The van der Waals surface area contributed by atoms with E-state index in [1.165, 1.54) is 6.42 Å². The Balaban J connectivity index is 1.93. The molecule has 0 saturated carbocycles. The van der Waals surface area contributed by atoms with Crippen LogP contribution in [0, 0.1) is 0 Å². The van der Waals surface area contributed by atoms with Gasteiger partial charge in [-0.25, -0.2) is 9.50 Å². The van der Waals surface area contributed by atoms with E-state index < -0.39 is 0 Å². The average Bonchev–Trinajstić information content (AvgIpc) is 2.96. The average molecular weight is 296 g/mol. The van der Waals surface area contributed by atoms with Crippen molar-refractivity contribution in [3.05, 3.63) is 22.9 Å². The van der Waals surface area contributed by atoms with Crippen LogP contribution in [0.3, 0.4) is 0 Å². The molecule has 2 aromatic rings. The van der Waals surface area contributed by atoms with Crippen LogP contribution < -0.4 is 10.2 Å². The molecule has 1 N–H and O–H groups in total. The summed E-state index contributed by atoms with van der Waals surface area (Å²) in [5.74, 6) is 1.02. The Morgan fingerprint density at radius 3 is 3.18 bits per heavy atom. The third-order valence-corrected chi connectivity index (χ3v) is 3.79. The molecule has 6 heteroatoms. The molecule has 3 heterocycles. The molecule has 0 spiro atoms. The van der Waals surface area contributed by atoms with Gasteiger partial charge >= 0.3 is 0 Å². The van der Waals surface area contributed by atoms with Crippen LogP contribution in [0.5, 0.6) is 0 Å². The van der Waals surface area contributed by atoms with Crippen molar-refractivity contribution in [2.24, 2.45) is 0 Å². The molecule has 0 unspecified atom stereocenters. The van der Waals surface area contributed by atoms with Crippen LogP contribution in [0.15, 0.2) is 22.9 Å². The summed E-state index contributed by atoms with van der Waals surface area (Å²) >= 11 is 3.46. The van der Waals surface area contributed by atoms with Crippen LogP contribution >= 0.6 is 15.9 Å². The number of nitrogens with one attached hydrogen (secondary N) is 1. The predicted octanol–water partition coefficient (Wildman–Crippen LogP) is 1.29. The highest BCUT2D eigenvalue weighted by molar-refractivity contribution is 9.10. The van der Waals surface area contributed by atoms with E-state index in [0.29, 0.717) is 6.04 Å². The van der Waals surface area contributed by atoms with Gasteiger partial charge in [0.2, 0.25) is 0 Å². The molecule has 90 valence electrons. The van der Waals surface area contributed by atoms with E-state index in [1.54, 1.807) is 10.7 Å². The van der Waals surface area contributed by atoms with Crippen molar-refractivity contribution >= 4 is 27.4 Å². The number of halogens is 1. The van der Waals surface area contributed by atoms with Gasteiger partial charge in [0.05, 0.1) is 10.7 Å².